The first-order chi connectivity index (χ1) is 18.8. The van der Waals surface area contributed by atoms with E-state index in [0.717, 1.165) is 22.2 Å². The lowest BCUT2D eigenvalue weighted by Gasteiger charge is -2.15. The molecular formula is C29H27BrN2O6S. The summed E-state index contributed by atoms with van der Waals surface area (Å²) >= 11 is 4.33. The van der Waals surface area contributed by atoms with Crippen molar-refractivity contribution in [3.05, 3.63) is 86.7 Å². The molecule has 0 aliphatic carbocycles. The molecule has 3 aromatic rings. The maximum absolute atomic E-state index is 13.0. The van der Waals surface area contributed by atoms with Crippen molar-refractivity contribution >= 4 is 56.5 Å². The highest BCUT2D eigenvalue weighted by molar-refractivity contribution is 9.10. The van der Waals surface area contributed by atoms with E-state index >= 15 is 0 Å². The number of anilines is 1. The summed E-state index contributed by atoms with van der Waals surface area (Å²) < 4.78 is 17.6. The van der Waals surface area contributed by atoms with Crippen LogP contribution >= 0.6 is 27.7 Å². The number of carbonyl (C=O) groups excluding carboxylic acids is 3. The molecule has 1 aliphatic heterocycles. The molecule has 202 valence electrons. The molecule has 0 spiro atoms. The van der Waals surface area contributed by atoms with E-state index in [9.17, 15) is 14.4 Å². The number of nitrogens with one attached hydrogen (secondary N) is 1. The van der Waals surface area contributed by atoms with Crippen LogP contribution in [0.25, 0.3) is 6.08 Å². The number of hydrogen-bond donors (Lipinski definition) is 1. The predicted molar refractivity (Wildman–Crippen MR) is 155 cm³/mol. The van der Waals surface area contributed by atoms with E-state index in [-0.39, 0.29) is 4.91 Å². The van der Waals surface area contributed by atoms with Crippen molar-refractivity contribution in [2.75, 3.05) is 25.6 Å². The number of halogens is 1. The average molecular weight is 612 g/mol. The zero-order valence-corrected chi connectivity index (χ0v) is 24.1. The van der Waals surface area contributed by atoms with E-state index in [0.29, 0.717) is 46.2 Å². The number of rotatable bonds is 10. The molecule has 39 heavy (non-hydrogen) atoms. The molecule has 0 atom stereocenters. The van der Waals surface area contributed by atoms with E-state index < -0.39 is 23.6 Å². The minimum atomic E-state index is -0.538. The van der Waals surface area contributed by atoms with Crippen LogP contribution in [0, 0.1) is 6.92 Å². The zero-order chi connectivity index (χ0) is 27.9. The number of hydrogen-bond acceptors (Lipinski definition) is 7. The van der Waals surface area contributed by atoms with Crippen molar-refractivity contribution in [3.8, 4) is 17.2 Å². The lowest BCUT2D eigenvalue weighted by atomic mass is 10.1. The van der Waals surface area contributed by atoms with Crippen molar-refractivity contribution in [2.45, 2.75) is 20.5 Å². The maximum atomic E-state index is 13.0. The van der Waals surface area contributed by atoms with Crippen LogP contribution in [0.4, 0.5) is 10.5 Å². The molecule has 0 bridgehead atoms. The molecule has 4 rings (SSSR count). The van der Waals surface area contributed by atoms with Gasteiger partial charge in [0.1, 0.15) is 18.9 Å². The first-order valence-corrected chi connectivity index (χ1v) is 13.7. The van der Waals surface area contributed by atoms with Crippen LogP contribution in [0.1, 0.15) is 23.6 Å². The van der Waals surface area contributed by atoms with E-state index in [1.54, 1.807) is 49.6 Å². The molecule has 1 heterocycles. The minimum Gasteiger partial charge on any atom is -0.497 e. The van der Waals surface area contributed by atoms with Gasteiger partial charge in [0, 0.05) is 5.69 Å². The van der Waals surface area contributed by atoms with Crippen molar-refractivity contribution in [1.29, 1.82) is 0 Å². The van der Waals surface area contributed by atoms with Crippen molar-refractivity contribution in [1.82, 2.24) is 4.90 Å². The molecule has 10 heteroatoms. The first kappa shape index (κ1) is 28.3. The Hall–Kier alpha value is -3.76. The largest absolute Gasteiger partial charge is 0.497 e. The number of amides is 3. The molecular weight excluding hydrogens is 584 g/mol. The van der Waals surface area contributed by atoms with Crippen LogP contribution in [-0.2, 0) is 16.2 Å². The van der Waals surface area contributed by atoms with E-state index in [1.165, 1.54) is 5.56 Å². The van der Waals surface area contributed by atoms with Gasteiger partial charge in [-0.1, -0.05) is 29.8 Å². The fraction of sp³-hybridized carbons (Fsp3) is 0.207. The van der Waals surface area contributed by atoms with Gasteiger partial charge < -0.3 is 19.5 Å². The monoisotopic (exact) mass is 610 g/mol. The standard InChI is InChI=1S/C29H27BrN2O6S/c1-4-37-24-14-20(13-23(30)27(24)38-17-19-7-5-18(2)6-8-19)15-25-28(34)32(29(35)39-25)16-26(33)31-21-9-11-22(36-3)12-10-21/h5-15H,4,16-17H2,1-3H3,(H,31,33)/b25-15+. The summed E-state index contributed by atoms with van der Waals surface area (Å²) in [6.07, 6.45) is 1.60. The number of benzene rings is 3. The molecule has 0 aromatic heterocycles. The Morgan fingerprint density at radius 1 is 1.05 bits per heavy atom. The van der Waals surface area contributed by atoms with Crippen LogP contribution in [0.15, 0.2) is 70.0 Å². The van der Waals surface area contributed by atoms with Crippen molar-refractivity contribution in [2.24, 2.45) is 0 Å². The fourth-order valence-electron chi connectivity index (χ4n) is 3.72. The topological polar surface area (TPSA) is 94.2 Å². The van der Waals surface area contributed by atoms with Crippen LogP contribution in [0.5, 0.6) is 17.2 Å². The van der Waals surface area contributed by atoms with E-state index in [4.69, 9.17) is 14.2 Å². The maximum Gasteiger partial charge on any atom is 0.294 e. The molecule has 8 nitrogen and oxygen atoms in total. The summed E-state index contributed by atoms with van der Waals surface area (Å²) in [5.74, 6) is 0.666. The molecule has 1 fully saturated rings. The Kier molecular flexibility index (Phi) is 9.32. The highest BCUT2D eigenvalue weighted by Gasteiger charge is 2.36. The Balaban J connectivity index is 1.46. The molecule has 1 aliphatic rings. The molecule has 3 amide bonds. The highest BCUT2D eigenvalue weighted by Crippen LogP contribution is 2.39. The SMILES string of the molecule is CCOc1cc(/C=C2/SC(=O)N(CC(=O)Nc3ccc(OC)cc3)C2=O)cc(Br)c1OCc1ccc(C)cc1. The number of ether oxygens (including phenoxy) is 3. The second kappa shape index (κ2) is 12.9. The van der Waals surface area contributed by atoms with E-state index in [2.05, 4.69) is 21.2 Å². The quantitative estimate of drug-likeness (QED) is 0.265. The predicted octanol–water partition coefficient (Wildman–Crippen LogP) is 6.42. The van der Waals surface area contributed by atoms with Gasteiger partial charge >= 0.3 is 0 Å². The van der Waals surface area contributed by atoms with Gasteiger partial charge in [0.2, 0.25) is 5.91 Å². The third-order valence-electron chi connectivity index (χ3n) is 5.68. The Labute approximate surface area is 239 Å². The van der Waals surface area contributed by atoms with Crippen LogP contribution in [-0.4, -0.2) is 42.2 Å². The molecule has 3 aromatic carbocycles. The van der Waals surface area contributed by atoms with Gasteiger partial charge in [-0.15, -0.1) is 0 Å². The Morgan fingerprint density at radius 2 is 1.77 bits per heavy atom. The summed E-state index contributed by atoms with van der Waals surface area (Å²) in [4.78, 5) is 39.2. The third-order valence-corrected chi connectivity index (χ3v) is 7.18. The van der Waals surface area contributed by atoms with Crippen LogP contribution < -0.4 is 19.5 Å². The molecule has 0 unspecified atom stereocenters. The van der Waals surface area contributed by atoms with Crippen LogP contribution in [0.2, 0.25) is 0 Å². The highest BCUT2D eigenvalue weighted by atomic mass is 79.9. The van der Waals surface area contributed by atoms with Crippen molar-refractivity contribution in [3.63, 3.8) is 0 Å². The van der Waals surface area contributed by atoms with Gasteiger partial charge in [-0.25, -0.2) is 0 Å². The normalized spacial score (nSPS) is 14.1. The summed E-state index contributed by atoms with van der Waals surface area (Å²) in [6, 6.07) is 18.3. The molecule has 0 radical (unpaired) electrons. The summed E-state index contributed by atoms with van der Waals surface area (Å²) in [5, 5.41) is 2.17. The second-order valence-corrected chi connectivity index (χ2v) is 10.4. The van der Waals surface area contributed by atoms with Gasteiger partial charge in [0.15, 0.2) is 11.5 Å². The second-order valence-electron chi connectivity index (χ2n) is 8.58. The van der Waals surface area contributed by atoms with Crippen LogP contribution in [0.3, 0.4) is 0 Å². The Bertz CT molecular complexity index is 1410. The van der Waals surface area contributed by atoms with Gasteiger partial charge in [-0.05, 0) is 95.1 Å². The van der Waals surface area contributed by atoms with Crippen molar-refractivity contribution < 1.29 is 28.6 Å². The summed E-state index contributed by atoms with van der Waals surface area (Å²) in [7, 11) is 1.55. The number of nitrogens with zero attached hydrogens (tertiary/aromatic N) is 1. The number of methoxy groups -OCH3 is 1. The van der Waals surface area contributed by atoms with Gasteiger partial charge in [-0.3, -0.25) is 19.3 Å². The molecule has 1 saturated heterocycles. The third kappa shape index (κ3) is 7.21. The number of imide groups is 1. The fourth-order valence-corrected chi connectivity index (χ4v) is 5.13. The summed E-state index contributed by atoms with van der Waals surface area (Å²) in [6.45, 7) is 4.27. The minimum absolute atomic E-state index is 0.208. The van der Waals surface area contributed by atoms with Gasteiger partial charge in [-0.2, -0.15) is 0 Å². The Morgan fingerprint density at radius 3 is 2.44 bits per heavy atom. The lowest BCUT2D eigenvalue weighted by molar-refractivity contribution is -0.127. The van der Waals surface area contributed by atoms with Gasteiger partial charge in [0.05, 0.1) is 23.1 Å². The van der Waals surface area contributed by atoms with Gasteiger partial charge in [0.25, 0.3) is 11.1 Å². The number of thioether (sulfide) groups is 1. The molecule has 0 saturated carbocycles. The number of carbonyl (C=O) groups is 3. The summed E-state index contributed by atoms with van der Waals surface area (Å²) in [5.41, 5.74) is 3.35. The molecule has 1 N–H and O–H groups in total. The average Bonchev–Trinajstić information content (AvgIpc) is 3.17. The number of aryl methyl sites for hydroxylation is 1. The zero-order valence-electron chi connectivity index (χ0n) is 21.7. The smallest absolute Gasteiger partial charge is 0.294 e. The lowest BCUT2D eigenvalue weighted by Crippen LogP contribution is -2.36. The van der Waals surface area contributed by atoms with E-state index in [1.807, 2.05) is 38.1 Å². The first-order valence-electron chi connectivity index (χ1n) is 12.1.